The molecule has 5 heteroatoms. The number of ether oxygens (including phenoxy) is 2. The minimum Gasteiger partial charge on any atom is -0.469 e. The molecule has 0 spiro atoms. The summed E-state index contributed by atoms with van der Waals surface area (Å²) in [5.74, 6) is -0.636. The van der Waals surface area contributed by atoms with Crippen LogP contribution in [0.2, 0.25) is 0 Å². The number of unbranched alkanes of at least 4 members (excludes halogenated alkanes) is 1. The Morgan fingerprint density at radius 2 is 1.94 bits per heavy atom. The van der Waals surface area contributed by atoms with Gasteiger partial charge in [0.15, 0.2) is 0 Å². The zero-order valence-corrected chi connectivity index (χ0v) is 9.90. The SMILES string of the molecule is CCOC(=O)C[C@@H](O)CCCCC(=O)OC. The minimum atomic E-state index is -0.684. The van der Waals surface area contributed by atoms with Crippen LogP contribution in [0.4, 0.5) is 0 Å². The van der Waals surface area contributed by atoms with E-state index in [0.717, 1.165) is 0 Å². The highest BCUT2D eigenvalue weighted by Gasteiger charge is 2.11. The first-order valence-corrected chi connectivity index (χ1v) is 5.50. The smallest absolute Gasteiger partial charge is 0.308 e. The average Bonchev–Trinajstić information content (AvgIpc) is 2.24. The predicted octanol–water partition coefficient (Wildman–Crippen LogP) is 1.03. The molecule has 0 saturated carbocycles. The van der Waals surface area contributed by atoms with Crippen molar-refractivity contribution in [2.45, 2.75) is 45.1 Å². The Hall–Kier alpha value is -1.10. The third-order valence-electron chi connectivity index (χ3n) is 2.10. The quantitative estimate of drug-likeness (QED) is 0.500. The number of hydrogen-bond donors (Lipinski definition) is 1. The summed E-state index contributed by atoms with van der Waals surface area (Å²) in [5, 5.41) is 9.45. The van der Waals surface area contributed by atoms with E-state index in [9.17, 15) is 14.7 Å². The van der Waals surface area contributed by atoms with Gasteiger partial charge >= 0.3 is 11.9 Å². The molecule has 94 valence electrons. The van der Waals surface area contributed by atoms with Gasteiger partial charge in [0.05, 0.1) is 26.2 Å². The zero-order valence-electron chi connectivity index (χ0n) is 9.90. The van der Waals surface area contributed by atoms with E-state index in [-0.39, 0.29) is 18.4 Å². The molecule has 0 aliphatic heterocycles. The van der Waals surface area contributed by atoms with Crippen molar-refractivity contribution >= 4 is 11.9 Å². The number of aliphatic hydroxyl groups is 1. The minimum absolute atomic E-state index is 0.0199. The van der Waals surface area contributed by atoms with Gasteiger partial charge in [-0.15, -0.1) is 0 Å². The maximum absolute atomic E-state index is 11.0. The largest absolute Gasteiger partial charge is 0.469 e. The maximum Gasteiger partial charge on any atom is 0.308 e. The van der Waals surface area contributed by atoms with Crippen LogP contribution in [0.1, 0.15) is 39.0 Å². The highest BCUT2D eigenvalue weighted by Crippen LogP contribution is 2.07. The van der Waals surface area contributed by atoms with Crippen LogP contribution >= 0.6 is 0 Å². The Morgan fingerprint density at radius 1 is 1.25 bits per heavy atom. The van der Waals surface area contributed by atoms with Crippen molar-refractivity contribution in [1.29, 1.82) is 0 Å². The fourth-order valence-electron chi connectivity index (χ4n) is 1.27. The van der Waals surface area contributed by atoms with Crippen molar-refractivity contribution in [2.24, 2.45) is 0 Å². The van der Waals surface area contributed by atoms with Crippen LogP contribution in [0.3, 0.4) is 0 Å². The number of esters is 2. The average molecular weight is 232 g/mol. The Balaban J connectivity index is 3.46. The highest BCUT2D eigenvalue weighted by molar-refractivity contribution is 5.70. The molecule has 0 bridgehead atoms. The number of hydrogen-bond acceptors (Lipinski definition) is 5. The molecule has 0 aromatic rings. The number of methoxy groups -OCH3 is 1. The van der Waals surface area contributed by atoms with Gasteiger partial charge in [0.25, 0.3) is 0 Å². The fourth-order valence-corrected chi connectivity index (χ4v) is 1.27. The second kappa shape index (κ2) is 9.15. The van der Waals surface area contributed by atoms with Gasteiger partial charge < -0.3 is 14.6 Å². The second-order valence-corrected chi connectivity index (χ2v) is 3.48. The molecule has 0 unspecified atom stereocenters. The van der Waals surface area contributed by atoms with Crippen LogP contribution in [0, 0.1) is 0 Å². The molecule has 0 radical (unpaired) electrons. The van der Waals surface area contributed by atoms with E-state index < -0.39 is 6.10 Å². The van der Waals surface area contributed by atoms with Crippen molar-refractivity contribution in [3.63, 3.8) is 0 Å². The summed E-state index contributed by atoms with van der Waals surface area (Å²) < 4.78 is 9.18. The summed E-state index contributed by atoms with van der Waals surface area (Å²) in [6.07, 6.45) is 1.53. The molecule has 1 N–H and O–H groups in total. The summed E-state index contributed by atoms with van der Waals surface area (Å²) in [4.78, 5) is 21.7. The zero-order chi connectivity index (χ0) is 12.4. The lowest BCUT2D eigenvalue weighted by atomic mass is 10.1. The van der Waals surface area contributed by atoms with Gasteiger partial charge in [-0.25, -0.2) is 0 Å². The van der Waals surface area contributed by atoms with Crippen molar-refractivity contribution < 1.29 is 24.2 Å². The van der Waals surface area contributed by atoms with Crippen LogP contribution in [-0.4, -0.2) is 36.9 Å². The molecule has 16 heavy (non-hydrogen) atoms. The molecular formula is C11H20O5. The molecular weight excluding hydrogens is 212 g/mol. The number of aliphatic hydroxyl groups excluding tert-OH is 1. The summed E-state index contributed by atoms with van der Waals surface area (Å²) in [6.45, 7) is 2.05. The van der Waals surface area contributed by atoms with Crippen molar-refractivity contribution in [2.75, 3.05) is 13.7 Å². The normalized spacial score (nSPS) is 11.9. The first-order chi connectivity index (χ1) is 7.60. The molecule has 0 saturated heterocycles. The number of carbonyl (C=O) groups is 2. The molecule has 1 atom stereocenters. The molecule has 0 amide bonds. The van der Waals surface area contributed by atoms with Gasteiger partial charge in [0.1, 0.15) is 0 Å². The van der Waals surface area contributed by atoms with Gasteiger partial charge in [-0.2, -0.15) is 0 Å². The van der Waals surface area contributed by atoms with Gasteiger partial charge in [-0.05, 0) is 19.8 Å². The molecule has 0 aromatic carbocycles. The Morgan fingerprint density at radius 3 is 2.50 bits per heavy atom. The third kappa shape index (κ3) is 8.23. The third-order valence-corrected chi connectivity index (χ3v) is 2.10. The topological polar surface area (TPSA) is 72.8 Å². The van der Waals surface area contributed by atoms with E-state index in [4.69, 9.17) is 4.74 Å². The van der Waals surface area contributed by atoms with E-state index in [1.54, 1.807) is 6.92 Å². The second-order valence-electron chi connectivity index (χ2n) is 3.48. The first-order valence-electron chi connectivity index (χ1n) is 5.50. The molecule has 0 aromatic heterocycles. The van der Waals surface area contributed by atoms with Crippen LogP contribution < -0.4 is 0 Å². The monoisotopic (exact) mass is 232 g/mol. The van der Waals surface area contributed by atoms with Crippen LogP contribution in [0.15, 0.2) is 0 Å². The lowest BCUT2D eigenvalue weighted by molar-refractivity contribution is -0.145. The van der Waals surface area contributed by atoms with E-state index in [1.165, 1.54) is 7.11 Å². The maximum atomic E-state index is 11.0. The van der Waals surface area contributed by atoms with Gasteiger partial charge in [-0.3, -0.25) is 9.59 Å². The van der Waals surface area contributed by atoms with E-state index in [1.807, 2.05) is 0 Å². The van der Waals surface area contributed by atoms with Gasteiger partial charge in [-0.1, -0.05) is 6.42 Å². The predicted molar refractivity (Wildman–Crippen MR) is 57.7 cm³/mol. The molecule has 5 nitrogen and oxygen atoms in total. The molecule has 0 aliphatic carbocycles. The van der Waals surface area contributed by atoms with E-state index >= 15 is 0 Å². The lowest BCUT2D eigenvalue weighted by Gasteiger charge is -2.09. The number of carbonyl (C=O) groups excluding carboxylic acids is 2. The van der Waals surface area contributed by atoms with Crippen molar-refractivity contribution in [3.05, 3.63) is 0 Å². The summed E-state index contributed by atoms with van der Waals surface area (Å²) in [5.41, 5.74) is 0. The van der Waals surface area contributed by atoms with Crippen LogP contribution in [-0.2, 0) is 19.1 Å². The van der Waals surface area contributed by atoms with E-state index in [2.05, 4.69) is 4.74 Å². The molecule has 0 fully saturated rings. The first kappa shape index (κ1) is 14.9. The van der Waals surface area contributed by atoms with Crippen LogP contribution in [0.25, 0.3) is 0 Å². The summed E-state index contributed by atoms with van der Waals surface area (Å²) >= 11 is 0. The molecule has 0 rings (SSSR count). The standard InChI is InChI=1S/C11H20O5/c1-3-16-11(14)8-9(12)6-4-5-7-10(13)15-2/h9,12H,3-8H2,1-2H3/t9-/m0/s1. The fraction of sp³-hybridized carbons (Fsp3) is 0.818. The van der Waals surface area contributed by atoms with Crippen molar-refractivity contribution in [1.82, 2.24) is 0 Å². The number of rotatable bonds is 8. The van der Waals surface area contributed by atoms with E-state index in [0.29, 0.717) is 32.3 Å². The van der Waals surface area contributed by atoms with Gasteiger partial charge in [0.2, 0.25) is 0 Å². The molecule has 0 aliphatic rings. The molecule has 0 heterocycles. The Labute approximate surface area is 95.7 Å². The summed E-state index contributed by atoms with van der Waals surface area (Å²) in [7, 11) is 1.35. The van der Waals surface area contributed by atoms with Crippen LogP contribution in [0.5, 0.6) is 0 Å². The Kier molecular flexibility index (Phi) is 8.52. The Bertz CT molecular complexity index is 214. The van der Waals surface area contributed by atoms with Crippen molar-refractivity contribution in [3.8, 4) is 0 Å². The highest BCUT2D eigenvalue weighted by atomic mass is 16.5. The summed E-state index contributed by atoms with van der Waals surface area (Å²) in [6, 6.07) is 0. The lowest BCUT2D eigenvalue weighted by Crippen LogP contribution is -2.15. The van der Waals surface area contributed by atoms with Gasteiger partial charge in [0, 0.05) is 6.42 Å².